The molecule has 0 saturated heterocycles. The molecule has 0 spiro atoms. The van der Waals surface area contributed by atoms with Gasteiger partial charge >= 0.3 is 0 Å². The van der Waals surface area contributed by atoms with Gasteiger partial charge in [0, 0.05) is 24.5 Å². The van der Waals surface area contributed by atoms with Crippen LogP contribution in [-0.4, -0.2) is 24.0 Å². The van der Waals surface area contributed by atoms with Crippen LogP contribution in [0.2, 0.25) is 0 Å². The Morgan fingerprint density at radius 2 is 2.35 bits per heavy atom. The van der Waals surface area contributed by atoms with Crippen molar-refractivity contribution >= 4 is 5.91 Å². The molecule has 3 N–H and O–H groups in total. The molecular formula is C13H19N3O. The molecule has 0 aliphatic heterocycles. The highest BCUT2D eigenvalue weighted by molar-refractivity contribution is 5.95. The SMILES string of the molecule is Cc1cnccc1C(=O)NCC1(CCN)CC1. The number of amides is 1. The van der Waals surface area contributed by atoms with Crippen LogP contribution in [-0.2, 0) is 0 Å². The normalized spacial score (nSPS) is 16.6. The molecule has 1 aromatic rings. The van der Waals surface area contributed by atoms with E-state index in [1.165, 1.54) is 12.8 Å². The van der Waals surface area contributed by atoms with Gasteiger partial charge in [-0.25, -0.2) is 0 Å². The number of aromatic nitrogens is 1. The first-order valence-electron chi connectivity index (χ1n) is 6.06. The monoisotopic (exact) mass is 233 g/mol. The lowest BCUT2D eigenvalue weighted by molar-refractivity contribution is 0.0943. The number of rotatable bonds is 5. The Bertz CT molecular complexity index is 413. The van der Waals surface area contributed by atoms with E-state index in [1.807, 2.05) is 6.92 Å². The second-order valence-corrected chi connectivity index (χ2v) is 4.91. The molecule has 1 fully saturated rings. The average Bonchev–Trinajstić information content (AvgIpc) is 3.08. The summed E-state index contributed by atoms with van der Waals surface area (Å²) in [5.41, 5.74) is 7.48. The van der Waals surface area contributed by atoms with Crippen molar-refractivity contribution in [1.82, 2.24) is 10.3 Å². The van der Waals surface area contributed by atoms with Crippen LogP contribution < -0.4 is 11.1 Å². The van der Waals surface area contributed by atoms with Crippen molar-refractivity contribution in [2.75, 3.05) is 13.1 Å². The highest BCUT2D eigenvalue weighted by Gasteiger charge is 2.41. The van der Waals surface area contributed by atoms with Gasteiger partial charge in [-0.2, -0.15) is 0 Å². The Morgan fingerprint density at radius 1 is 1.59 bits per heavy atom. The van der Waals surface area contributed by atoms with Crippen molar-refractivity contribution in [3.05, 3.63) is 29.6 Å². The lowest BCUT2D eigenvalue weighted by Gasteiger charge is -2.15. The summed E-state index contributed by atoms with van der Waals surface area (Å²) in [5, 5.41) is 3.01. The average molecular weight is 233 g/mol. The highest BCUT2D eigenvalue weighted by atomic mass is 16.1. The molecule has 17 heavy (non-hydrogen) atoms. The van der Waals surface area contributed by atoms with Crippen LogP contribution in [0.1, 0.15) is 35.2 Å². The zero-order valence-corrected chi connectivity index (χ0v) is 10.2. The Kier molecular flexibility index (Phi) is 3.43. The van der Waals surface area contributed by atoms with Gasteiger partial charge in [0.05, 0.1) is 0 Å². The largest absolute Gasteiger partial charge is 0.351 e. The third kappa shape index (κ3) is 2.82. The summed E-state index contributed by atoms with van der Waals surface area (Å²) >= 11 is 0. The predicted octanol–water partition coefficient (Wildman–Crippen LogP) is 1.25. The van der Waals surface area contributed by atoms with Gasteiger partial charge in [0.25, 0.3) is 5.91 Å². The molecule has 92 valence electrons. The Labute approximate surface area is 102 Å². The molecule has 4 heteroatoms. The van der Waals surface area contributed by atoms with E-state index in [1.54, 1.807) is 18.5 Å². The summed E-state index contributed by atoms with van der Waals surface area (Å²) in [6.45, 7) is 3.34. The standard InChI is InChI=1S/C13H19N3O/c1-10-8-15-7-2-11(10)12(17)16-9-13(3-4-13)5-6-14/h2,7-8H,3-6,9,14H2,1H3,(H,16,17). The van der Waals surface area contributed by atoms with Crippen molar-refractivity contribution < 1.29 is 4.79 Å². The quantitative estimate of drug-likeness (QED) is 0.804. The Morgan fingerprint density at radius 3 is 2.94 bits per heavy atom. The van der Waals surface area contributed by atoms with Crippen LogP contribution >= 0.6 is 0 Å². The van der Waals surface area contributed by atoms with Crippen molar-refractivity contribution in [3.8, 4) is 0 Å². The smallest absolute Gasteiger partial charge is 0.251 e. The number of nitrogens with zero attached hydrogens (tertiary/aromatic N) is 1. The summed E-state index contributed by atoms with van der Waals surface area (Å²) in [6, 6.07) is 1.76. The van der Waals surface area contributed by atoms with Gasteiger partial charge in [-0.15, -0.1) is 0 Å². The molecule has 0 aromatic carbocycles. The van der Waals surface area contributed by atoms with Crippen molar-refractivity contribution in [2.45, 2.75) is 26.2 Å². The molecule has 1 amide bonds. The molecule has 0 bridgehead atoms. The van der Waals surface area contributed by atoms with Crippen LogP contribution in [0.4, 0.5) is 0 Å². The first kappa shape index (κ1) is 12.0. The van der Waals surface area contributed by atoms with E-state index < -0.39 is 0 Å². The second-order valence-electron chi connectivity index (χ2n) is 4.91. The van der Waals surface area contributed by atoms with Gasteiger partial charge in [0.2, 0.25) is 0 Å². The predicted molar refractivity (Wildman–Crippen MR) is 66.6 cm³/mol. The molecule has 1 aliphatic carbocycles. The zero-order valence-electron chi connectivity index (χ0n) is 10.2. The van der Waals surface area contributed by atoms with E-state index in [0.29, 0.717) is 12.1 Å². The van der Waals surface area contributed by atoms with Crippen molar-refractivity contribution in [2.24, 2.45) is 11.1 Å². The molecule has 1 aliphatic rings. The first-order valence-corrected chi connectivity index (χ1v) is 6.06. The number of hydrogen-bond acceptors (Lipinski definition) is 3. The van der Waals surface area contributed by atoms with Crippen LogP contribution in [0.25, 0.3) is 0 Å². The lowest BCUT2D eigenvalue weighted by atomic mass is 10.0. The molecule has 0 atom stereocenters. The minimum absolute atomic E-state index is 0.00630. The number of nitrogens with two attached hydrogens (primary N) is 1. The maximum atomic E-state index is 12.0. The van der Waals surface area contributed by atoms with Crippen LogP contribution in [0, 0.1) is 12.3 Å². The molecule has 0 radical (unpaired) electrons. The van der Waals surface area contributed by atoms with Crippen LogP contribution in [0.5, 0.6) is 0 Å². The van der Waals surface area contributed by atoms with E-state index in [0.717, 1.165) is 18.5 Å². The maximum Gasteiger partial charge on any atom is 0.251 e. The topological polar surface area (TPSA) is 68.0 Å². The molecule has 1 saturated carbocycles. The zero-order chi connectivity index (χ0) is 12.3. The Balaban J connectivity index is 1.92. The molecule has 0 unspecified atom stereocenters. The van der Waals surface area contributed by atoms with Crippen LogP contribution in [0.15, 0.2) is 18.5 Å². The minimum Gasteiger partial charge on any atom is -0.351 e. The summed E-state index contributed by atoms with van der Waals surface area (Å²) in [7, 11) is 0. The van der Waals surface area contributed by atoms with E-state index in [2.05, 4.69) is 10.3 Å². The Hall–Kier alpha value is -1.42. The number of carbonyl (C=O) groups excluding carboxylic acids is 1. The molecule has 4 nitrogen and oxygen atoms in total. The van der Waals surface area contributed by atoms with Gasteiger partial charge < -0.3 is 11.1 Å². The fraction of sp³-hybridized carbons (Fsp3) is 0.538. The summed E-state index contributed by atoms with van der Waals surface area (Å²) < 4.78 is 0. The van der Waals surface area contributed by atoms with E-state index >= 15 is 0 Å². The highest BCUT2D eigenvalue weighted by Crippen LogP contribution is 2.47. The van der Waals surface area contributed by atoms with Gasteiger partial charge in [0.15, 0.2) is 0 Å². The van der Waals surface area contributed by atoms with E-state index in [9.17, 15) is 4.79 Å². The number of aryl methyl sites for hydroxylation is 1. The van der Waals surface area contributed by atoms with Gasteiger partial charge in [-0.3, -0.25) is 9.78 Å². The third-order valence-corrected chi connectivity index (χ3v) is 3.52. The number of pyridine rings is 1. The van der Waals surface area contributed by atoms with Gasteiger partial charge in [-0.1, -0.05) is 0 Å². The number of nitrogens with one attached hydrogen (secondary N) is 1. The molecule has 2 rings (SSSR count). The number of carbonyl (C=O) groups is 1. The fourth-order valence-electron chi connectivity index (χ4n) is 2.09. The first-order chi connectivity index (χ1) is 8.17. The third-order valence-electron chi connectivity index (χ3n) is 3.52. The maximum absolute atomic E-state index is 12.0. The van der Waals surface area contributed by atoms with Crippen molar-refractivity contribution in [3.63, 3.8) is 0 Å². The molecular weight excluding hydrogens is 214 g/mol. The molecule has 1 aromatic heterocycles. The van der Waals surface area contributed by atoms with Crippen LogP contribution in [0.3, 0.4) is 0 Å². The summed E-state index contributed by atoms with van der Waals surface area (Å²) in [4.78, 5) is 16.0. The lowest BCUT2D eigenvalue weighted by Crippen LogP contribution is -2.31. The number of hydrogen-bond donors (Lipinski definition) is 2. The fourth-order valence-corrected chi connectivity index (χ4v) is 2.09. The molecule has 1 heterocycles. The van der Waals surface area contributed by atoms with E-state index in [4.69, 9.17) is 5.73 Å². The van der Waals surface area contributed by atoms with E-state index in [-0.39, 0.29) is 11.3 Å². The minimum atomic E-state index is -0.00630. The van der Waals surface area contributed by atoms with Gasteiger partial charge in [0.1, 0.15) is 0 Å². The van der Waals surface area contributed by atoms with Crippen molar-refractivity contribution in [1.29, 1.82) is 0 Å². The summed E-state index contributed by atoms with van der Waals surface area (Å²) in [6.07, 6.45) is 6.72. The second kappa shape index (κ2) is 4.84. The van der Waals surface area contributed by atoms with Gasteiger partial charge in [-0.05, 0) is 49.8 Å². The summed E-state index contributed by atoms with van der Waals surface area (Å²) in [5.74, 6) is -0.00630.